The van der Waals surface area contributed by atoms with E-state index in [1.807, 2.05) is 60.7 Å². The van der Waals surface area contributed by atoms with Crippen LogP contribution in [0, 0.1) is 11.3 Å². The monoisotopic (exact) mass is 392 g/mol. The highest BCUT2D eigenvalue weighted by Gasteiger charge is 2.12. The minimum atomic E-state index is -0.547. The first-order chi connectivity index (χ1) is 13.1. The molecule has 1 amide bonds. The summed E-state index contributed by atoms with van der Waals surface area (Å²) in [6.07, 6.45) is 1.53. The molecule has 0 aliphatic rings. The van der Waals surface area contributed by atoms with Crippen LogP contribution in [-0.2, 0) is 4.79 Å². The lowest BCUT2D eigenvalue weighted by Crippen LogP contribution is -2.13. The van der Waals surface area contributed by atoms with E-state index in [0.717, 1.165) is 16.7 Å². The van der Waals surface area contributed by atoms with Crippen molar-refractivity contribution < 1.29 is 4.79 Å². The van der Waals surface area contributed by atoms with E-state index in [1.165, 1.54) is 6.08 Å². The van der Waals surface area contributed by atoms with E-state index in [0.29, 0.717) is 10.7 Å². The highest BCUT2D eigenvalue weighted by molar-refractivity contribution is 6.44. The Kier molecular flexibility index (Phi) is 5.93. The lowest BCUT2D eigenvalue weighted by atomic mass is 10.0. The van der Waals surface area contributed by atoms with Gasteiger partial charge in [-0.3, -0.25) is 4.79 Å². The van der Waals surface area contributed by atoms with Crippen molar-refractivity contribution in [3.8, 4) is 17.2 Å². The smallest absolute Gasteiger partial charge is 0.266 e. The molecule has 0 saturated heterocycles. The second kappa shape index (κ2) is 8.55. The normalized spacial score (nSPS) is 10.9. The molecule has 132 valence electrons. The van der Waals surface area contributed by atoms with Crippen molar-refractivity contribution >= 4 is 40.9 Å². The van der Waals surface area contributed by atoms with Gasteiger partial charge in [0.25, 0.3) is 5.91 Å². The number of hydrogen-bond donors (Lipinski definition) is 1. The van der Waals surface area contributed by atoms with Crippen LogP contribution in [0.4, 0.5) is 5.69 Å². The van der Waals surface area contributed by atoms with Gasteiger partial charge in [-0.25, -0.2) is 0 Å². The fourth-order valence-electron chi connectivity index (χ4n) is 2.51. The largest absolute Gasteiger partial charge is 0.320 e. The third kappa shape index (κ3) is 4.57. The van der Waals surface area contributed by atoms with Crippen molar-refractivity contribution in [2.75, 3.05) is 5.32 Å². The van der Waals surface area contributed by atoms with Crippen LogP contribution >= 0.6 is 23.2 Å². The number of amides is 1. The summed E-state index contributed by atoms with van der Waals surface area (Å²) in [6, 6.07) is 24.4. The summed E-state index contributed by atoms with van der Waals surface area (Å²) in [7, 11) is 0. The molecule has 3 nitrogen and oxygen atoms in total. The molecule has 0 heterocycles. The summed E-state index contributed by atoms with van der Waals surface area (Å²) in [5.41, 5.74) is 3.23. The highest BCUT2D eigenvalue weighted by Crippen LogP contribution is 2.30. The zero-order valence-electron chi connectivity index (χ0n) is 14.1. The van der Waals surface area contributed by atoms with Crippen LogP contribution in [0.15, 0.2) is 78.4 Å². The van der Waals surface area contributed by atoms with Crippen molar-refractivity contribution in [3.63, 3.8) is 0 Å². The van der Waals surface area contributed by atoms with Gasteiger partial charge in [-0.15, -0.1) is 0 Å². The molecule has 0 aliphatic carbocycles. The summed E-state index contributed by atoms with van der Waals surface area (Å²) in [6.45, 7) is 0. The Balaban J connectivity index is 1.80. The van der Waals surface area contributed by atoms with Gasteiger partial charge in [-0.1, -0.05) is 83.9 Å². The molecule has 3 aromatic rings. The van der Waals surface area contributed by atoms with Gasteiger partial charge < -0.3 is 5.32 Å². The van der Waals surface area contributed by atoms with Gasteiger partial charge in [0.1, 0.15) is 11.6 Å². The van der Waals surface area contributed by atoms with Crippen LogP contribution in [-0.4, -0.2) is 5.91 Å². The molecule has 3 aromatic carbocycles. The van der Waals surface area contributed by atoms with E-state index >= 15 is 0 Å². The third-order valence-corrected chi connectivity index (χ3v) is 4.71. The molecule has 0 atom stereocenters. The molecule has 0 aliphatic heterocycles. The van der Waals surface area contributed by atoms with Crippen molar-refractivity contribution in [1.82, 2.24) is 0 Å². The van der Waals surface area contributed by atoms with Crippen molar-refractivity contribution in [1.29, 1.82) is 5.26 Å². The highest BCUT2D eigenvalue weighted by atomic mass is 35.5. The fourth-order valence-corrected chi connectivity index (χ4v) is 2.86. The van der Waals surface area contributed by atoms with Crippen LogP contribution in [0.25, 0.3) is 17.2 Å². The van der Waals surface area contributed by atoms with Crippen molar-refractivity contribution in [3.05, 3.63) is 94.0 Å². The summed E-state index contributed by atoms with van der Waals surface area (Å²) in [5, 5.41) is 12.5. The van der Waals surface area contributed by atoms with Gasteiger partial charge in [0.15, 0.2) is 0 Å². The Morgan fingerprint density at radius 3 is 2.22 bits per heavy atom. The molecule has 5 heteroatoms. The van der Waals surface area contributed by atoms with Crippen molar-refractivity contribution in [2.45, 2.75) is 0 Å². The number of benzene rings is 3. The molecule has 0 bridgehead atoms. The molecule has 0 unspecified atom stereocenters. The van der Waals surface area contributed by atoms with Gasteiger partial charge in [0, 0.05) is 0 Å². The maximum Gasteiger partial charge on any atom is 0.266 e. The number of carbonyl (C=O) groups excluding carboxylic acids is 1. The summed E-state index contributed by atoms with van der Waals surface area (Å²) < 4.78 is 0. The van der Waals surface area contributed by atoms with Gasteiger partial charge >= 0.3 is 0 Å². The van der Waals surface area contributed by atoms with E-state index < -0.39 is 5.91 Å². The predicted molar refractivity (Wildman–Crippen MR) is 111 cm³/mol. The third-order valence-electron chi connectivity index (χ3n) is 3.89. The lowest BCUT2D eigenvalue weighted by Gasteiger charge is -2.07. The number of halogens is 2. The summed E-state index contributed by atoms with van der Waals surface area (Å²) in [4.78, 5) is 12.4. The number of nitrogens with one attached hydrogen (secondary N) is 1. The number of nitrogens with zero attached hydrogens (tertiary/aromatic N) is 1. The van der Waals surface area contributed by atoms with Crippen LogP contribution in [0.5, 0.6) is 0 Å². The van der Waals surface area contributed by atoms with E-state index in [1.54, 1.807) is 18.2 Å². The Morgan fingerprint density at radius 2 is 1.56 bits per heavy atom. The van der Waals surface area contributed by atoms with E-state index in [2.05, 4.69) is 5.32 Å². The number of nitriles is 1. The number of carbonyl (C=O) groups is 1. The first-order valence-corrected chi connectivity index (χ1v) is 8.87. The van der Waals surface area contributed by atoms with Gasteiger partial charge in [-0.2, -0.15) is 5.26 Å². The van der Waals surface area contributed by atoms with Crippen LogP contribution < -0.4 is 5.32 Å². The quantitative estimate of drug-likeness (QED) is 0.423. The van der Waals surface area contributed by atoms with E-state index in [-0.39, 0.29) is 10.6 Å². The average Bonchev–Trinajstić information content (AvgIpc) is 2.70. The fraction of sp³-hybridized carbons (Fsp3) is 0. The van der Waals surface area contributed by atoms with Crippen LogP contribution in [0.2, 0.25) is 10.0 Å². The molecule has 3 rings (SSSR count). The van der Waals surface area contributed by atoms with E-state index in [9.17, 15) is 10.1 Å². The predicted octanol–water partition coefficient (Wildman–Crippen LogP) is 6.21. The number of hydrogen-bond acceptors (Lipinski definition) is 2. The standard InChI is InChI=1S/C22H14Cl2N2O/c23-19-7-4-8-20(21(19)24)26-22(27)18(14-25)13-15-9-11-17(12-10-15)16-5-2-1-3-6-16/h1-13H,(H,26,27)/b18-13-. The first kappa shape index (κ1) is 18.7. The Hall–Kier alpha value is -3.06. The van der Waals surface area contributed by atoms with Gasteiger partial charge in [-0.05, 0) is 34.9 Å². The Morgan fingerprint density at radius 1 is 0.889 bits per heavy atom. The SMILES string of the molecule is N#C/C(=C/c1ccc(-c2ccccc2)cc1)C(=O)Nc1cccc(Cl)c1Cl. The zero-order chi connectivity index (χ0) is 19.2. The summed E-state index contributed by atoms with van der Waals surface area (Å²) >= 11 is 12.0. The molecule has 0 radical (unpaired) electrons. The minimum Gasteiger partial charge on any atom is -0.320 e. The molecular formula is C22H14Cl2N2O. The second-order valence-corrected chi connectivity index (χ2v) is 6.50. The molecule has 1 N–H and O–H groups in total. The average molecular weight is 393 g/mol. The lowest BCUT2D eigenvalue weighted by molar-refractivity contribution is -0.112. The number of rotatable bonds is 4. The maximum atomic E-state index is 12.4. The molecule has 0 saturated carbocycles. The second-order valence-electron chi connectivity index (χ2n) is 5.71. The minimum absolute atomic E-state index is 0.0292. The van der Waals surface area contributed by atoms with E-state index in [4.69, 9.17) is 23.2 Å². The Labute approximate surface area is 167 Å². The molecule has 0 aromatic heterocycles. The van der Waals surface area contributed by atoms with Gasteiger partial charge in [0.2, 0.25) is 0 Å². The van der Waals surface area contributed by atoms with Crippen LogP contribution in [0.1, 0.15) is 5.56 Å². The van der Waals surface area contributed by atoms with Crippen molar-refractivity contribution in [2.24, 2.45) is 0 Å². The summed E-state index contributed by atoms with van der Waals surface area (Å²) in [5.74, 6) is -0.547. The molecule has 0 fully saturated rings. The molecule has 27 heavy (non-hydrogen) atoms. The number of anilines is 1. The first-order valence-electron chi connectivity index (χ1n) is 8.11. The maximum absolute atomic E-state index is 12.4. The molecular weight excluding hydrogens is 379 g/mol. The molecule has 0 spiro atoms. The van der Waals surface area contributed by atoms with Gasteiger partial charge in [0.05, 0.1) is 15.7 Å². The van der Waals surface area contributed by atoms with Crippen LogP contribution in [0.3, 0.4) is 0 Å². The topological polar surface area (TPSA) is 52.9 Å². The zero-order valence-corrected chi connectivity index (χ0v) is 15.6. The Bertz CT molecular complexity index is 1040.